The highest BCUT2D eigenvalue weighted by molar-refractivity contribution is 5.95. The Morgan fingerprint density at radius 1 is 0.455 bits per heavy atom. The second-order valence-electron chi connectivity index (χ2n) is 25.4. The molecule has 0 amide bonds. The Balaban J connectivity index is 1.04. The summed E-state index contributed by atoms with van der Waals surface area (Å²) in [5, 5.41) is 0. The number of fused-ring (bicyclic) bond motifs is 7. The molecule has 8 aliphatic carbocycles. The molecule has 8 bridgehead atoms. The lowest BCUT2D eigenvalue weighted by atomic mass is 9.48. The van der Waals surface area contributed by atoms with E-state index in [9.17, 15) is 0 Å². The first-order valence-corrected chi connectivity index (χ1v) is 26.1. The van der Waals surface area contributed by atoms with Crippen molar-refractivity contribution in [2.24, 2.45) is 35.5 Å². The van der Waals surface area contributed by atoms with Crippen molar-refractivity contribution in [2.45, 2.75) is 132 Å². The number of anilines is 6. The SMILES string of the molecule is CC1(C)c2ccccc2N2c3c1ccc1c3C34c5c(ccc6c5N(c5ccccc5C6(C)C)c5cc(C67CC8CC(CC(C8)C6)C7)cc([n+]53)-c3cc(C56CC7CC(CC(C7)C5)C6)cc2[n+]34)O1. The maximum atomic E-state index is 7.47. The maximum Gasteiger partial charge on any atom is 0.323 e. The number of benzene rings is 4. The van der Waals surface area contributed by atoms with Crippen molar-refractivity contribution >= 4 is 34.4 Å². The van der Waals surface area contributed by atoms with Crippen LogP contribution in [-0.2, 0) is 27.3 Å². The molecule has 14 aliphatic rings. The molecule has 66 heavy (non-hydrogen) atoms. The Kier molecular flexibility index (Phi) is 5.85. The van der Waals surface area contributed by atoms with Crippen molar-refractivity contribution in [3.05, 3.63) is 142 Å². The van der Waals surface area contributed by atoms with Crippen LogP contribution in [0.5, 0.6) is 11.5 Å². The van der Waals surface area contributed by atoms with Crippen LogP contribution >= 0.6 is 0 Å². The fraction of sp³-hybridized carbons (Fsp3) is 0.443. The van der Waals surface area contributed by atoms with Crippen LogP contribution < -0.4 is 23.7 Å². The summed E-state index contributed by atoms with van der Waals surface area (Å²) in [6.07, 6.45) is 16.8. The molecule has 8 fully saturated rings. The van der Waals surface area contributed by atoms with Gasteiger partial charge in [-0.25, -0.2) is 0 Å². The summed E-state index contributed by atoms with van der Waals surface area (Å²) >= 11 is 0. The van der Waals surface area contributed by atoms with Crippen LogP contribution in [0.4, 0.5) is 34.4 Å². The first kappa shape index (κ1) is 35.7. The predicted octanol–water partition coefficient (Wildman–Crippen LogP) is 13.4. The van der Waals surface area contributed by atoms with Gasteiger partial charge in [0.1, 0.15) is 34.0 Å². The molecule has 20 rings (SSSR count). The van der Waals surface area contributed by atoms with Crippen molar-refractivity contribution in [1.29, 1.82) is 0 Å². The average Bonchev–Trinajstić information content (AvgIpc) is 3.59. The van der Waals surface area contributed by atoms with E-state index in [2.05, 4.69) is 144 Å². The van der Waals surface area contributed by atoms with Crippen molar-refractivity contribution in [3.63, 3.8) is 0 Å². The van der Waals surface area contributed by atoms with Crippen LogP contribution in [0.2, 0.25) is 0 Å². The molecular weight excluding hydrogens is 805 g/mol. The maximum absolute atomic E-state index is 7.47. The largest absolute Gasteiger partial charge is 0.456 e. The molecule has 0 saturated heterocycles. The number of nitrogens with zero attached hydrogens (tertiary/aromatic N) is 4. The third-order valence-electron chi connectivity index (χ3n) is 21.4. The molecule has 5 nitrogen and oxygen atoms in total. The molecule has 0 N–H and O–H groups in total. The summed E-state index contributed by atoms with van der Waals surface area (Å²) in [4.78, 5) is 5.49. The molecule has 0 unspecified atom stereocenters. The smallest absolute Gasteiger partial charge is 0.323 e. The topological polar surface area (TPSA) is 23.5 Å². The first-order valence-electron chi connectivity index (χ1n) is 26.1. The Hall–Kier alpha value is -5.42. The quantitative estimate of drug-likeness (QED) is 0.162. The third-order valence-corrected chi connectivity index (χ3v) is 21.4. The van der Waals surface area contributed by atoms with E-state index in [0.29, 0.717) is 0 Å². The van der Waals surface area contributed by atoms with Gasteiger partial charge in [-0.3, -0.25) is 0 Å². The van der Waals surface area contributed by atoms with Crippen LogP contribution in [0.25, 0.3) is 11.4 Å². The highest BCUT2D eigenvalue weighted by atomic mass is 16.5. The van der Waals surface area contributed by atoms with E-state index < -0.39 is 5.66 Å². The number of ether oxygens (including phenoxy) is 1. The fourth-order valence-electron chi connectivity index (χ4n) is 19.7. The van der Waals surface area contributed by atoms with E-state index in [4.69, 9.17) is 4.74 Å². The van der Waals surface area contributed by atoms with Crippen LogP contribution in [-0.4, -0.2) is 0 Å². The molecule has 4 aromatic carbocycles. The van der Waals surface area contributed by atoms with Crippen molar-refractivity contribution in [2.75, 3.05) is 9.80 Å². The Morgan fingerprint density at radius 3 is 1.23 bits per heavy atom. The molecule has 0 radical (unpaired) electrons. The third kappa shape index (κ3) is 3.72. The minimum atomic E-state index is -0.688. The predicted molar refractivity (Wildman–Crippen MR) is 257 cm³/mol. The zero-order valence-electron chi connectivity index (χ0n) is 38.9. The number of aromatic nitrogens is 2. The van der Waals surface area contributed by atoms with Gasteiger partial charge in [0, 0.05) is 45.2 Å². The van der Waals surface area contributed by atoms with E-state index in [-0.39, 0.29) is 21.7 Å². The van der Waals surface area contributed by atoms with Crippen molar-refractivity contribution < 1.29 is 13.9 Å². The lowest BCUT2D eigenvalue weighted by Crippen LogP contribution is -2.76. The molecule has 8 saturated carbocycles. The molecule has 6 aliphatic heterocycles. The lowest BCUT2D eigenvalue weighted by molar-refractivity contribution is -0.929. The minimum absolute atomic E-state index is 0.216. The van der Waals surface area contributed by atoms with E-state index in [0.717, 1.165) is 47.0 Å². The summed E-state index contributed by atoms with van der Waals surface area (Å²) < 4.78 is 13.3. The van der Waals surface area contributed by atoms with Crippen LogP contribution in [0.1, 0.15) is 149 Å². The van der Waals surface area contributed by atoms with E-state index in [1.165, 1.54) is 156 Å². The van der Waals surface area contributed by atoms with E-state index in [1.807, 2.05) is 0 Å². The van der Waals surface area contributed by atoms with Gasteiger partial charge >= 0.3 is 5.66 Å². The summed E-state index contributed by atoms with van der Waals surface area (Å²) in [7, 11) is 0. The normalized spacial score (nSPS) is 34.7. The number of rotatable bonds is 2. The van der Waals surface area contributed by atoms with Gasteiger partial charge in [0.2, 0.25) is 0 Å². The van der Waals surface area contributed by atoms with Gasteiger partial charge in [0.15, 0.2) is 22.8 Å². The van der Waals surface area contributed by atoms with Crippen LogP contribution in [0, 0.1) is 35.5 Å². The van der Waals surface area contributed by atoms with Gasteiger partial charge < -0.3 is 4.74 Å². The Bertz CT molecular complexity index is 3060. The summed E-state index contributed by atoms with van der Waals surface area (Å²) in [5.41, 5.74) is 18.9. The molecule has 0 atom stereocenters. The van der Waals surface area contributed by atoms with Crippen LogP contribution in [0.3, 0.4) is 0 Å². The number of hydrogen-bond donors (Lipinski definition) is 0. The lowest BCUT2D eigenvalue weighted by Gasteiger charge is -2.57. The molecule has 8 heterocycles. The summed E-state index contributed by atoms with van der Waals surface area (Å²) in [6, 6.07) is 39.5. The van der Waals surface area contributed by atoms with Crippen LogP contribution in [0.15, 0.2) is 97.1 Å². The van der Waals surface area contributed by atoms with Gasteiger partial charge in [-0.15, -0.1) is 0 Å². The summed E-state index contributed by atoms with van der Waals surface area (Å²) in [6.45, 7) is 9.89. The molecule has 5 heteroatoms. The molecular formula is C61H58N4O+2. The first-order chi connectivity index (χ1) is 32.0. The number of hydrogen-bond acceptors (Lipinski definition) is 3. The number of pyridine rings is 2. The van der Waals surface area contributed by atoms with Gasteiger partial charge in [-0.2, -0.15) is 18.9 Å². The second-order valence-corrected chi connectivity index (χ2v) is 25.4. The zero-order chi connectivity index (χ0) is 43.2. The fourth-order valence-corrected chi connectivity index (χ4v) is 19.7. The summed E-state index contributed by atoms with van der Waals surface area (Å²) in [5.74, 6) is 9.87. The van der Waals surface area contributed by atoms with Crippen molar-refractivity contribution in [1.82, 2.24) is 0 Å². The molecule has 2 aromatic heterocycles. The van der Waals surface area contributed by atoms with E-state index >= 15 is 0 Å². The Labute approximate surface area is 388 Å². The van der Waals surface area contributed by atoms with Gasteiger partial charge in [-0.1, -0.05) is 76.2 Å². The molecule has 6 aromatic rings. The zero-order valence-corrected chi connectivity index (χ0v) is 38.9. The van der Waals surface area contributed by atoms with E-state index in [1.54, 1.807) is 11.1 Å². The highest BCUT2D eigenvalue weighted by Gasteiger charge is 2.73. The minimum Gasteiger partial charge on any atom is -0.456 e. The van der Waals surface area contributed by atoms with Gasteiger partial charge in [-0.05, 0) is 171 Å². The second kappa shape index (κ2) is 10.8. The number of para-hydroxylation sites is 2. The van der Waals surface area contributed by atoms with Gasteiger partial charge in [0.05, 0.1) is 0 Å². The standard InChI is InChI=1S/C61H58N4O/c1-57(2)41-9-5-7-11-45(41)62-51-25-39(59-27-33-17-34(28-59)19-35(18-33)29-59)23-47-48-24-40(60-30-36-20-37(31-60)22-38(21-36)32-60)26-52-63-46-12-8-6-10-42(46)58(3,4)44-14-16-50-54(56(44)63)61(64(47)51,65(48)52)53-49(66-50)15-13-43(57)55(53)62/h5-16,23-26,33-38H,17-22,27-32H2,1-4H3/q+2. The molecule has 1 spiro atoms. The molecule has 326 valence electrons. The monoisotopic (exact) mass is 862 g/mol. The van der Waals surface area contributed by atoms with Gasteiger partial charge in [0.25, 0.3) is 11.6 Å². The van der Waals surface area contributed by atoms with Crippen molar-refractivity contribution in [3.8, 4) is 22.9 Å². The highest BCUT2D eigenvalue weighted by Crippen LogP contribution is 2.70. The average molecular weight is 863 g/mol. The Morgan fingerprint density at radius 2 is 0.833 bits per heavy atom.